The van der Waals surface area contributed by atoms with E-state index in [1.54, 1.807) is 16.4 Å². The number of hydrogen-bond acceptors (Lipinski definition) is 3. The van der Waals surface area contributed by atoms with Crippen LogP contribution in [0.2, 0.25) is 16.6 Å². The molecule has 0 bridgehead atoms. The molecule has 2 aromatic rings. The van der Waals surface area contributed by atoms with Gasteiger partial charge in [0.1, 0.15) is 0 Å². The average Bonchev–Trinajstić information content (AvgIpc) is 2.81. The summed E-state index contributed by atoms with van der Waals surface area (Å²) >= 11 is 3.64. The van der Waals surface area contributed by atoms with Crippen molar-refractivity contribution in [3.63, 3.8) is 0 Å². The molecule has 1 atom stereocenters. The van der Waals surface area contributed by atoms with Crippen LogP contribution in [-0.4, -0.2) is 29.4 Å². The molecule has 7 heteroatoms. The molecule has 0 unspecified atom stereocenters. The van der Waals surface area contributed by atoms with Crippen LogP contribution in [-0.2, 0) is 14.4 Å². The molecular weight excluding hydrogens is 550 g/mol. The zero-order chi connectivity index (χ0) is 26.7. The van der Waals surface area contributed by atoms with E-state index >= 15 is 0 Å². The van der Waals surface area contributed by atoms with Crippen LogP contribution in [0.3, 0.4) is 0 Å². The Bertz CT molecular complexity index is 1140. The zero-order valence-corrected chi connectivity index (χ0v) is 26.2. The number of nitrogens with zero attached hydrogens (tertiary/aromatic N) is 1. The molecule has 2 aromatic carbocycles. The minimum absolute atomic E-state index is 0.290. The van der Waals surface area contributed by atoms with Crippen molar-refractivity contribution in [2.75, 3.05) is 10.9 Å². The second-order valence-electron chi connectivity index (χ2n) is 10.9. The standard InChI is InChI=1S/C29H42BrNO3SSi/c1-21(2)36(22(3)4,23(5)6)34-20-25-12-8-10-14-28(25)31(29-15-11-9-13-27(29)30)35(32,33)26-18-16-24(7)17-19-26/h9,11-13,15-19,21-23,28H,8,10,14,20H2,1-7H3/t28-/m1/s1. The van der Waals surface area contributed by atoms with Gasteiger partial charge in [-0.3, -0.25) is 4.31 Å². The number of rotatable bonds is 10. The van der Waals surface area contributed by atoms with Gasteiger partial charge in [-0.15, -0.1) is 0 Å². The molecule has 0 saturated heterocycles. The summed E-state index contributed by atoms with van der Waals surface area (Å²) in [6, 6.07) is 14.5. The molecule has 4 nitrogen and oxygen atoms in total. The summed E-state index contributed by atoms with van der Waals surface area (Å²) in [5.74, 6) is 0. The second kappa shape index (κ2) is 12.0. The summed E-state index contributed by atoms with van der Waals surface area (Å²) in [7, 11) is -5.91. The fraction of sp³-hybridized carbons (Fsp3) is 0.517. The predicted molar refractivity (Wildman–Crippen MR) is 158 cm³/mol. The first-order chi connectivity index (χ1) is 16.9. The Labute approximate surface area is 228 Å². The maximum absolute atomic E-state index is 14.2. The van der Waals surface area contributed by atoms with Crippen LogP contribution < -0.4 is 4.31 Å². The molecule has 0 N–H and O–H groups in total. The van der Waals surface area contributed by atoms with E-state index in [0.29, 0.717) is 33.8 Å². The lowest BCUT2D eigenvalue weighted by molar-refractivity contribution is 0.296. The Morgan fingerprint density at radius 1 is 0.972 bits per heavy atom. The third-order valence-electron chi connectivity index (χ3n) is 7.66. The molecule has 0 spiro atoms. The Kier molecular flexibility index (Phi) is 9.69. The van der Waals surface area contributed by atoms with Gasteiger partial charge in [0.15, 0.2) is 0 Å². The van der Waals surface area contributed by atoms with Crippen LogP contribution in [0, 0.1) is 6.92 Å². The monoisotopic (exact) mass is 591 g/mol. The van der Waals surface area contributed by atoms with Crippen molar-refractivity contribution >= 4 is 40.0 Å². The zero-order valence-electron chi connectivity index (χ0n) is 22.8. The van der Waals surface area contributed by atoms with E-state index in [9.17, 15) is 8.42 Å². The van der Waals surface area contributed by atoms with Crippen LogP contribution in [0.4, 0.5) is 5.69 Å². The minimum Gasteiger partial charge on any atom is -0.412 e. The molecule has 0 fully saturated rings. The first kappa shape index (κ1) is 29.1. The highest BCUT2D eigenvalue weighted by atomic mass is 79.9. The van der Waals surface area contributed by atoms with Gasteiger partial charge in [0.05, 0.1) is 23.2 Å². The van der Waals surface area contributed by atoms with Crippen molar-refractivity contribution in [2.45, 2.75) is 95.3 Å². The van der Waals surface area contributed by atoms with Gasteiger partial charge in [-0.1, -0.05) is 77.4 Å². The Morgan fingerprint density at radius 3 is 2.11 bits per heavy atom. The summed E-state index contributed by atoms with van der Waals surface area (Å²) in [5.41, 5.74) is 4.18. The summed E-state index contributed by atoms with van der Waals surface area (Å²) < 4.78 is 37.8. The number of hydrogen-bond donors (Lipinski definition) is 0. The fourth-order valence-corrected chi connectivity index (χ4v) is 13.7. The molecule has 0 heterocycles. The van der Waals surface area contributed by atoms with Crippen molar-refractivity contribution < 1.29 is 12.8 Å². The van der Waals surface area contributed by atoms with Gasteiger partial charge < -0.3 is 4.43 Å². The van der Waals surface area contributed by atoms with E-state index in [0.717, 1.165) is 34.9 Å². The fourth-order valence-electron chi connectivity index (χ4n) is 5.97. The predicted octanol–water partition coefficient (Wildman–Crippen LogP) is 8.62. The van der Waals surface area contributed by atoms with Crippen molar-refractivity contribution in [3.8, 4) is 0 Å². The molecule has 198 valence electrons. The van der Waals surface area contributed by atoms with E-state index in [2.05, 4.69) is 63.5 Å². The van der Waals surface area contributed by atoms with Crippen LogP contribution >= 0.6 is 15.9 Å². The van der Waals surface area contributed by atoms with Crippen molar-refractivity contribution in [2.24, 2.45) is 0 Å². The Balaban J connectivity index is 2.08. The number of aryl methyl sites for hydroxylation is 1. The lowest BCUT2D eigenvalue weighted by Gasteiger charge is -2.44. The molecule has 0 aromatic heterocycles. The van der Waals surface area contributed by atoms with Gasteiger partial charge in [-0.05, 0) is 88.6 Å². The number of halogens is 1. The van der Waals surface area contributed by atoms with Crippen LogP contribution in [0.25, 0.3) is 0 Å². The van der Waals surface area contributed by atoms with E-state index in [4.69, 9.17) is 4.43 Å². The van der Waals surface area contributed by atoms with Gasteiger partial charge >= 0.3 is 0 Å². The third-order valence-corrected chi connectivity index (χ3v) is 16.2. The summed E-state index contributed by atoms with van der Waals surface area (Å²) in [6.07, 6.45) is 4.88. The molecule has 0 amide bonds. The maximum Gasteiger partial charge on any atom is 0.264 e. The quantitative estimate of drug-likeness (QED) is 0.205. The molecule has 1 aliphatic rings. The third kappa shape index (κ3) is 5.84. The van der Waals surface area contributed by atoms with Gasteiger partial charge in [-0.2, -0.15) is 0 Å². The SMILES string of the molecule is Cc1ccc(S(=O)(=O)N(c2ccccc2Br)[C@@H]2CCCC=C2CO[Si](C(C)C)(C(C)C)C(C)C)cc1. The normalized spacial score (nSPS) is 17.1. The van der Waals surface area contributed by atoms with Gasteiger partial charge in [0.25, 0.3) is 10.0 Å². The Morgan fingerprint density at radius 2 is 1.56 bits per heavy atom. The molecule has 36 heavy (non-hydrogen) atoms. The highest BCUT2D eigenvalue weighted by molar-refractivity contribution is 9.10. The largest absolute Gasteiger partial charge is 0.412 e. The lowest BCUT2D eigenvalue weighted by atomic mass is 9.94. The summed E-state index contributed by atoms with van der Waals surface area (Å²) in [4.78, 5) is 0.310. The number of sulfonamides is 1. The summed E-state index contributed by atoms with van der Waals surface area (Å²) in [5, 5.41) is 0. The lowest BCUT2D eigenvalue weighted by Crippen LogP contribution is -2.50. The molecule has 1 aliphatic carbocycles. The van der Waals surface area contributed by atoms with E-state index in [1.165, 1.54) is 0 Å². The van der Waals surface area contributed by atoms with E-state index in [-0.39, 0.29) is 6.04 Å². The number of allylic oxidation sites excluding steroid dienone is 1. The first-order valence-electron chi connectivity index (χ1n) is 13.1. The van der Waals surface area contributed by atoms with Gasteiger partial charge in [0.2, 0.25) is 8.32 Å². The highest BCUT2D eigenvalue weighted by Crippen LogP contribution is 2.44. The second-order valence-corrected chi connectivity index (χ2v) is 19.0. The topological polar surface area (TPSA) is 46.6 Å². The van der Waals surface area contributed by atoms with Crippen LogP contribution in [0.1, 0.15) is 66.4 Å². The van der Waals surface area contributed by atoms with Crippen molar-refractivity contribution in [3.05, 3.63) is 70.2 Å². The first-order valence-corrected chi connectivity index (χ1v) is 17.5. The molecule has 0 radical (unpaired) electrons. The smallest absolute Gasteiger partial charge is 0.264 e. The average molecular weight is 593 g/mol. The van der Waals surface area contributed by atoms with Crippen molar-refractivity contribution in [1.29, 1.82) is 0 Å². The van der Waals surface area contributed by atoms with Crippen LogP contribution in [0.5, 0.6) is 0 Å². The number of benzene rings is 2. The van der Waals surface area contributed by atoms with Crippen molar-refractivity contribution in [1.82, 2.24) is 0 Å². The van der Waals surface area contributed by atoms with E-state index < -0.39 is 18.3 Å². The minimum atomic E-state index is -3.81. The Hall–Kier alpha value is -1.41. The van der Waals surface area contributed by atoms with E-state index in [1.807, 2.05) is 43.3 Å². The van der Waals surface area contributed by atoms with Gasteiger partial charge in [0, 0.05) is 4.47 Å². The highest BCUT2D eigenvalue weighted by Gasteiger charge is 2.46. The molecule has 3 rings (SSSR count). The summed E-state index contributed by atoms with van der Waals surface area (Å²) in [6.45, 7) is 16.2. The number of anilines is 1. The van der Waals surface area contributed by atoms with Gasteiger partial charge in [-0.25, -0.2) is 8.42 Å². The number of para-hydroxylation sites is 1. The molecule has 0 aliphatic heterocycles. The maximum atomic E-state index is 14.2. The molecular formula is C29H42BrNO3SSi. The molecule has 0 saturated carbocycles. The van der Waals surface area contributed by atoms with Crippen LogP contribution in [0.15, 0.2) is 69.5 Å².